The van der Waals surface area contributed by atoms with E-state index >= 15 is 0 Å². The highest BCUT2D eigenvalue weighted by Gasteiger charge is 2.42. The molecule has 5 nitrogen and oxygen atoms in total. The summed E-state index contributed by atoms with van der Waals surface area (Å²) in [7, 11) is -3.84. The van der Waals surface area contributed by atoms with E-state index in [1.165, 1.54) is 18.3 Å². The first kappa shape index (κ1) is 15.3. The molecule has 0 radical (unpaired) electrons. The van der Waals surface area contributed by atoms with Crippen LogP contribution in [0.15, 0.2) is 23.2 Å². The van der Waals surface area contributed by atoms with Gasteiger partial charge in [0.05, 0.1) is 4.90 Å². The lowest BCUT2D eigenvalue weighted by Crippen LogP contribution is -2.33. The van der Waals surface area contributed by atoms with Gasteiger partial charge in [0.15, 0.2) is 0 Å². The highest BCUT2D eigenvalue weighted by molar-refractivity contribution is 7.89. The Morgan fingerprint density at radius 1 is 1.40 bits per heavy atom. The molecule has 1 aliphatic heterocycles. The van der Waals surface area contributed by atoms with E-state index in [4.69, 9.17) is 11.6 Å². The predicted octanol–water partition coefficient (Wildman–Crippen LogP) is 2.32. The predicted molar refractivity (Wildman–Crippen MR) is 75.7 cm³/mol. The number of pyridine rings is 1. The lowest BCUT2D eigenvalue weighted by Gasteiger charge is -2.26. The second-order valence-electron chi connectivity index (χ2n) is 6.01. The van der Waals surface area contributed by atoms with Gasteiger partial charge in [-0.2, -0.15) is 0 Å². The number of sulfonamides is 1. The molecule has 1 fully saturated rings. The van der Waals surface area contributed by atoms with E-state index in [-0.39, 0.29) is 40.3 Å². The van der Waals surface area contributed by atoms with Crippen LogP contribution >= 0.6 is 11.6 Å². The largest absolute Gasteiger partial charge is 0.274 e. The second-order valence-corrected chi connectivity index (χ2v) is 8.26. The van der Waals surface area contributed by atoms with Crippen LogP contribution < -0.4 is 0 Å². The minimum Gasteiger partial charge on any atom is -0.274 e. The maximum Gasteiger partial charge on any atom is 0.266 e. The average molecular weight is 317 g/mol. The molecule has 0 bridgehead atoms. The van der Waals surface area contributed by atoms with Gasteiger partial charge in [0.1, 0.15) is 5.15 Å². The van der Waals surface area contributed by atoms with Crippen LogP contribution in [0.3, 0.4) is 0 Å². The molecule has 0 aliphatic carbocycles. The number of rotatable bonds is 2. The molecule has 1 unspecified atom stereocenters. The molecule has 1 atom stereocenters. The molecular formula is C13H17ClN2O3S. The van der Waals surface area contributed by atoms with Gasteiger partial charge in [0.2, 0.25) is 5.91 Å². The first-order valence-electron chi connectivity index (χ1n) is 6.29. The Bertz CT molecular complexity index is 637. The Balaban J connectivity index is 2.34. The number of carbonyl (C=O) groups is 1. The van der Waals surface area contributed by atoms with Gasteiger partial charge >= 0.3 is 0 Å². The summed E-state index contributed by atoms with van der Waals surface area (Å²) in [5.74, 6) is -0.347. The summed E-state index contributed by atoms with van der Waals surface area (Å²) in [6, 6.07) is 2.60. The van der Waals surface area contributed by atoms with Crippen LogP contribution in [0.1, 0.15) is 27.2 Å². The summed E-state index contributed by atoms with van der Waals surface area (Å²) in [6.45, 7) is 6.23. The van der Waals surface area contributed by atoms with E-state index in [0.717, 1.165) is 4.31 Å². The van der Waals surface area contributed by atoms with Crippen molar-refractivity contribution in [2.24, 2.45) is 11.3 Å². The maximum absolute atomic E-state index is 12.5. The van der Waals surface area contributed by atoms with Gasteiger partial charge in [-0.1, -0.05) is 32.4 Å². The number of nitrogens with zero attached hydrogens (tertiary/aromatic N) is 2. The van der Waals surface area contributed by atoms with E-state index < -0.39 is 10.0 Å². The fourth-order valence-corrected chi connectivity index (χ4v) is 3.87. The molecule has 20 heavy (non-hydrogen) atoms. The molecule has 2 rings (SSSR count). The standard InChI is InChI=1S/C13H17ClN2O3S/c1-13(2,3)9-6-12(17)16(8-9)20(18,19)10-4-5-15-11(14)7-10/h4-5,7,9H,6,8H2,1-3H3. The van der Waals surface area contributed by atoms with Gasteiger partial charge in [-0.25, -0.2) is 17.7 Å². The number of carbonyl (C=O) groups excluding carboxylic acids is 1. The van der Waals surface area contributed by atoms with Gasteiger partial charge < -0.3 is 0 Å². The van der Waals surface area contributed by atoms with E-state index in [1.807, 2.05) is 20.8 Å². The normalized spacial score (nSPS) is 20.5. The molecule has 1 aromatic rings. The smallest absolute Gasteiger partial charge is 0.266 e. The number of hydrogen-bond donors (Lipinski definition) is 0. The summed E-state index contributed by atoms with van der Waals surface area (Å²) >= 11 is 5.72. The zero-order valence-corrected chi connectivity index (χ0v) is 13.2. The quantitative estimate of drug-likeness (QED) is 0.785. The van der Waals surface area contributed by atoms with Gasteiger partial charge in [0.25, 0.3) is 10.0 Å². The van der Waals surface area contributed by atoms with Gasteiger partial charge in [-0.3, -0.25) is 4.79 Å². The monoisotopic (exact) mass is 316 g/mol. The van der Waals surface area contributed by atoms with E-state index in [1.54, 1.807) is 0 Å². The zero-order chi connectivity index (χ0) is 15.1. The second kappa shape index (κ2) is 5.00. The molecule has 7 heteroatoms. The van der Waals surface area contributed by atoms with Crippen LogP contribution in [0.5, 0.6) is 0 Å². The summed E-state index contributed by atoms with van der Waals surface area (Å²) < 4.78 is 25.9. The van der Waals surface area contributed by atoms with Crippen molar-refractivity contribution in [2.45, 2.75) is 32.1 Å². The Morgan fingerprint density at radius 3 is 2.55 bits per heavy atom. The minimum atomic E-state index is -3.84. The number of halogens is 1. The van der Waals surface area contributed by atoms with Crippen molar-refractivity contribution in [3.05, 3.63) is 23.5 Å². The first-order valence-corrected chi connectivity index (χ1v) is 8.11. The SMILES string of the molecule is CC(C)(C)C1CC(=O)N(S(=O)(=O)c2ccnc(Cl)c2)C1. The van der Waals surface area contributed by atoms with Crippen molar-refractivity contribution in [3.8, 4) is 0 Å². The molecular weight excluding hydrogens is 300 g/mol. The summed E-state index contributed by atoms with van der Waals surface area (Å²) in [5.41, 5.74) is -0.115. The fraction of sp³-hybridized carbons (Fsp3) is 0.538. The van der Waals surface area contributed by atoms with Crippen molar-refractivity contribution in [1.82, 2.24) is 9.29 Å². The summed E-state index contributed by atoms with van der Waals surface area (Å²) in [4.78, 5) is 15.8. The van der Waals surface area contributed by atoms with E-state index in [2.05, 4.69) is 4.98 Å². The number of hydrogen-bond acceptors (Lipinski definition) is 4. The van der Waals surface area contributed by atoms with Gasteiger partial charge in [0, 0.05) is 19.2 Å². The summed E-state index contributed by atoms with van der Waals surface area (Å²) in [6.07, 6.45) is 1.57. The summed E-state index contributed by atoms with van der Waals surface area (Å²) in [5, 5.41) is 0.0880. The van der Waals surface area contributed by atoms with Gasteiger partial charge in [-0.15, -0.1) is 0 Å². The Kier molecular flexibility index (Phi) is 3.81. The molecule has 0 spiro atoms. The third-order valence-corrected chi connectivity index (χ3v) is 5.59. The molecule has 1 amide bonds. The van der Waals surface area contributed by atoms with Crippen LogP contribution in [0.25, 0.3) is 0 Å². The molecule has 2 heterocycles. The van der Waals surface area contributed by atoms with E-state index in [9.17, 15) is 13.2 Å². The lowest BCUT2D eigenvalue weighted by molar-refractivity contribution is -0.123. The molecule has 1 saturated heterocycles. The van der Waals surface area contributed by atoms with Crippen molar-refractivity contribution < 1.29 is 13.2 Å². The van der Waals surface area contributed by atoms with Gasteiger partial charge in [-0.05, 0) is 23.5 Å². The molecule has 0 aromatic carbocycles. The minimum absolute atomic E-state index is 0.000379. The zero-order valence-electron chi connectivity index (χ0n) is 11.6. The molecule has 0 saturated carbocycles. The van der Waals surface area contributed by atoms with Crippen LogP contribution in [0.2, 0.25) is 5.15 Å². The molecule has 0 N–H and O–H groups in total. The Labute approximate surface area is 124 Å². The molecule has 110 valence electrons. The average Bonchev–Trinajstić information content (AvgIpc) is 2.72. The van der Waals surface area contributed by atoms with Crippen LogP contribution in [0, 0.1) is 11.3 Å². The highest BCUT2D eigenvalue weighted by atomic mass is 35.5. The third-order valence-electron chi connectivity index (χ3n) is 3.60. The third kappa shape index (κ3) is 2.81. The first-order chi connectivity index (χ1) is 9.12. The Hall–Kier alpha value is -1.14. The lowest BCUT2D eigenvalue weighted by atomic mass is 9.80. The van der Waals surface area contributed by atoms with Crippen LogP contribution in [-0.2, 0) is 14.8 Å². The topological polar surface area (TPSA) is 67.3 Å². The molecule has 1 aliphatic rings. The fourth-order valence-electron chi connectivity index (χ4n) is 2.16. The maximum atomic E-state index is 12.5. The van der Waals surface area contributed by atoms with Crippen molar-refractivity contribution in [2.75, 3.05) is 6.54 Å². The van der Waals surface area contributed by atoms with Crippen molar-refractivity contribution in [3.63, 3.8) is 0 Å². The van der Waals surface area contributed by atoms with Crippen LogP contribution in [0.4, 0.5) is 0 Å². The van der Waals surface area contributed by atoms with Crippen LogP contribution in [-0.4, -0.2) is 30.2 Å². The Morgan fingerprint density at radius 2 is 2.05 bits per heavy atom. The molecule has 1 aromatic heterocycles. The number of amides is 1. The highest BCUT2D eigenvalue weighted by Crippen LogP contribution is 2.36. The number of aromatic nitrogens is 1. The van der Waals surface area contributed by atoms with Crippen molar-refractivity contribution >= 4 is 27.5 Å². The van der Waals surface area contributed by atoms with Crippen molar-refractivity contribution in [1.29, 1.82) is 0 Å². The van der Waals surface area contributed by atoms with E-state index in [0.29, 0.717) is 0 Å².